The first-order valence-corrected chi connectivity index (χ1v) is 11.2. The van der Waals surface area contributed by atoms with Crippen molar-refractivity contribution in [3.05, 3.63) is 46.5 Å². The van der Waals surface area contributed by atoms with Gasteiger partial charge >= 0.3 is 5.97 Å². The number of aliphatic hydroxyl groups excluding tert-OH is 2. The van der Waals surface area contributed by atoms with Crippen LogP contribution in [0.25, 0.3) is 10.8 Å². The molecule has 3 heterocycles. The minimum atomic E-state index is -0.782. The summed E-state index contributed by atoms with van der Waals surface area (Å²) in [5.74, 6) is -1.33. The van der Waals surface area contributed by atoms with Crippen LogP contribution in [0.4, 0.5) is 5.69 Å². The molecule has 30 heavy (non-hydrogen) atoms. The third-order valence-corrected chi connectivity index (χ3v) is 8.11. The summed E-state index contributed by atoms with van der Waals surface area (Å²) in [6, 6.07) is 10.00. The van der Waals surface area contributed by atoms with Gasteiger partial charge in [-0.1, -0.05) is 23.9 Å². The fourth-order valence-electron chi connectivity index (χ4n) is 4.26. The van der Waals surface area contributed by atoms with E-state index in [0.29, 0.717) is 6.54 Å². The van der Waals surface area contributed by atoms with E-state index in [-0.39, 0.29) is 23.6 Å². The molecule has 2 aromatic rings. The summed E-state index contributed by atoms with van der Waals surface area (Å²) in [7, 11) is 1.30. The molecule has 3 aliphatic rings. The van der Waals surface area contributed by atoms with E-state index < -0.39 is 18.0 Å². The molecule has 1 saturated heterocycles. The Hall–Kier alpha value is -2.20. The summed E-state index contributed by atoms with van der Waals surface area (Å²) < 4.78 is 7.04. The quantitative estimate of drug-likeness (QED) is 0.413. The molecule has 156 valence electrons. The SMILES string of the molecule is COC(=O)C1=C(CN2Sc3cccc4cc(CO)cc2c34)SC2C(C(C)O)C(=O)N12. The van der Waals surface area contributed by atoms with Gasteiger partial charge in [-0.3, -0.25) is 9.69 Å². The zero-order valence-corrected chi connectivity index (χ0v) is 18.0. The first-order valence-electron chi connectivity index (χ1n) is 9.56. The number of carbonyl (C=O) groups excluding carboxylic acids is 2. The summed E-state index contributed by atoms with van der Waals surface area (Å²) in [4.78, 5) is 28.4. The van der Waals surface area contributed by atoms with E-state index in [1.165, 1.54) is 23.8 Å². The van der Waals surface area contributed by atoms with Gasteiger partial charge in [-0.25, -0.2) is 4.79 Å². The molecule has 0 bridgehead atoms. The zero-order chi connectivity index (χ0) is 21.2. The van der Waals surface area contributed by atoms with Crippen LogP contribution >= 0.6 is 23.7 Å². The van der Waals surface area contributed by atoms with Crippen LogP contribution in [0.5, 0.6) is 0 Å². The van der Waals surface area contributed by atoms with Crippen LogP contribution < -0.4 is 4.31 Å². The zero-order valence-electron chi connectivity index (χ0n) is 16.4. The highest BCUT2D eigenvalue weighted by atomic mass is 32.2. The second-order valence-corrected chi connectivity index (χ2v) is 9.78. The van der Waals surface area contributed by atoms with Gasteiger partial charge in [0.1, 0.15) is 11.1 Å². The summed E-state index contributed by atoms with van der Waals surface area (Å²) in [5.41, 5.74) is 2.05. The lowest BCUT2D eigenvalue weighted by molar-refractivity contribution is -0.157. The number of hydrogen-bond donors (Lipinski definition) is 2. The number of benzene rings is 2. The molecule has 7 nitrogen and oxygen atoms in total. The summed E-state index contributed by atoms with van der Waals surface area (Å²) in [6.07, 6.45) is -0.782. The molecule has 0 aromatic heterocycles. The van der Waals surface area contributed by atoms with E-state index in [1.807, 2.05) is 30.3 Å². The van der Waals surface area contributed by atoms with Gasteiger partial charge in [0.05, 0.1) is 38.0 Å². The molecule has 5 rings (SSSR count). The van der Waals surface area contributed by atoms with Crippen molar-refractivity contribution in [2.24, 2.45) is 5.92 Å². The fourth-order valence-corrected chi connectivity index (χ4v) is 7.06. The maximum Gasteiger partial charge on any atom is 0.355 e. The van der Waals surface area contributed by atoms with Crippen molar-refractivity contribution in [1.82, 2.24) is 4.90 Å². The van der Waals surface area contributed by atoms with Gasteiger partial charge in [-0.15, -0.1) is 0 Å². The van der Waals surface area contributed by atoms with Crippen LogP contribution in [0, 0.1) is 5.92 Å². The molecule has 0 aliphatic carbocycles. The van der Waals surface area contributed by atoms with Gasteiger partial charge in [-0.05, 0) is 48.0 Å². The number of anilines is 1. The molecule has 3 unspecified atom stereocenters. The highest BCUT2D eigenvalue weighted by Crippen LogP contribution is 2.53. The number of amides is 1. The van der Waals surface area contributed by atoms with Crippen LogP contribution in [-0.2, 0) is 20.9 Å². The molecule has 3 atom stereocenters. The Balaban J connectivity index is 1.52. The summed E-state index contributed by atoms with van der Waals surface area (Å²) in [6.45, 7) is 1.95. The molecule has 3 aliphatic heterocycles. The van der Waals surface area contributed by atoms with Crippen LogP contribution in [0.2, 0.25) is 0 Å². The van der Waals surface area contributed by atoms with E-state index in [4.69, 9.17) is 4.74 Å². The van der Waals surface area contributed by atoms with Gasteiger partial charge in [0.2, 0.25) is 5.91 Å². The molecule has 2 N–H and O–H groups in total. The third-order valence-electron chi connectivity index (χ3n) is 5.68. The Labute approximate surface area is 181 Å². The van der Waals surface area contributed by atoms with Gasteiger partial charge in [0.25, 0.3) is 0 Å². The van der Waals surface area contributed by atoms with Crippen molar-refractivity contribution in [3.63, 3.8) is 0 Å². The van der Waals surface area contributed by atoms with Crippen LogP contribution in [-0.4, -0.2) is 52.1 Å². The van der Waals surface area contributed by atoms with E-state index in [1.54, 1.807) is 18.9 Å². The number of fused-ring (bicyclic) bond motifs is 1. The Morgan fingerprint density at radius 1 is 1.33 bits per heavy atom. The molecule has 0 saturated carbocycles. The monoisotopic (exact) mass is 444 g/mol. The average Bonchev–Trinajstić information content (AvgIpc) is 3.24. The maximum atomic E-state index is 12.6. The third kappa shape index (κ3) is 2.76. The average molecular weight is 445 g/mol. The normalized spacial score (nSPS) is 23.1. The molecule has 0 spiro atoms. The second-order valence-electron chi connectivity index (χ2n) is 7.50. The van der Waals surface area contributed by atoms with Gasteiger partial charge in [0.15, 0.2) is 0 Å². The van der Waals surface area contributed by atoms with Gasteiger partial charge in [0, 0.05) is 15.2 Å². The van der Waals surface area contributed by atoms with Crippen molar-refractivity contribution in [3.8, 4) is 0 Å². The van der Waals surface area contributed by atoms with Crippen molar-refractivity contribution in [1.29, 1.82) is 0 Å². The predicted octanol–water partition coefficient (Wildman–Crippen LogP) is 2.46. The highest BCUT2D eigenvalue weighted by Gasteiger charge is 2.58. The van der Waals surface area contributed by atoms with Crippen molar-refractivity contribution >= 4 is 52.0 Å². The number of carbonyl (C=O) groups is 2. The van der Waals surface area contributed by atoms with E-state index in [2.05, 4.69) is 4.31 Å². The molecule has 1 amide bonds. The molecule has 1 fully saturated rings. The van der Waals surface area contributed by atoms with Crippen molar-refractivity contribution < 1.29 is 24.5 Å². The lowest BCUT2D eigenvalue weighted by atomic mass is 9.92. The number of ether oxygens (including phenoxy) is 1. The molecule has 2 aromatic carbocycles. The van der Waals surface area contributed by atoms with Crippen LogP contribution in [0.3, 0.4) is 0 Å². The number of esters is 1. The van der Waals surface area contributed by atoms with Crippen LogP contribution in [0.1, 0.15) is 12.5 Å². The summed E-state index contributed by atoms with van der Waals surface area (Å²) in [5, 5.41) is 21.5. The van der Waals surface area contributed by atoms with Crippen LogP contribution in [0.15, 0.2) is 45.8 Å². The predicted molar refractivity (Wildman–Crippen MR) is 116 cm³/mol. The first-order chi connectivity index (χ1) is 14.4. The molecular formula is C21H20N2O5S2. The number of rotatable bonds is 5. The second kappa shape index (κ2) is 7.19. The topological polar surface area (TPSA) is 90.3 Å². The number of hydrogen-bond acceptors (Lipinski definition) is 8. The van der Waals surface area contributed by atoms with Gasteiger partial charge < -0.3 is 19.3 Å². The highest BCUT2D eigenvalue weighted by molar-refractivity contribution is 8.04. The lowest BCUT2D eigenvalue weighted by Gasteiger charge is -2.43. The number of methoxy groups -OCH3 is 1. The van der Waals surface area contributed by atoms with Crippen molar-refractivity contribution in [2.75, 3.05) is 18.0 Å². The number of β-lactam (4-membered cyclic amide) rings is 1. The van der Waals surface area contributed by atoms with E-state index in [0.717, 1.165) is 31.8 Å². The molecule has 9 heteroatoms. The Morgan fingerprint density at radius 3 is 2.83 bits per heavy atom. The van der Waals surface area contributed by atoms with E-state index in [9.17, 15) is 19.8 Å². The number of nitrogens with zero attached hydrogens (tertiary/aromatic N) is 2. The lowest BCUT2D eigenvalue weighted by Crippen LogP contribution is -2.60. The Kier molecular flexibility index (Phi) is 4.73. The fraction of sp³-hybridized carbons (Fsp3) is 0.333. The maximum absolute atomic E-state index is 12.6. The minimum Gasteiger partial charge on any atom is -0.464 e. The largest absolute Gasteiger partial charge is 0.464 e. The first kappa shape index (κ1) is 19.7. The summed E-state index contributed by atoms with van der Waals surface area (Å²) >= 11 is 3.01. The van der Waals surface area contributed by atoms with Crippen molar-refractivity contribution in [2.45, 2.75) is 29.9 Å². The number of thioether (sulfide) groups is 1. The smallest absolute Gasteiger partial charge is 0.355 e. The molecule has 0 radical (unpaired) electrons. The van der Waals surface area contributed by atoms with Gasteiger partial charge in [-0.2, -0.15) is 0 Å². The Bertz CT molecular complexity index is 1120. The number of aliphatic hydroxyl groups is 2. The standard InChI is InChI=1S/C21H20N2O5S2/c1-10(25)16-19(26)23-18(21(27)28-2)15(29-20(16)23)8-22-13-7-11(9-24)6-12-4-3-5-14(30-22)17(12)13/h3-7,10,16,20,24-25H,8-9H2,1-2H3. The van der Waals surface area contributed by atoms with E-state index >= 15 is 0 Å². The Morgan fingerprint density at radius 2 is 2.13 bits per heavy atom. The molecular weight excluding hydrogens is 424 g/mol. The minimum absolute atomic E-state index is 0.0586.